The maximum absolute atomic E-state index is 10.5. The lowest BCUT2D eigenvalue weighted by Gasteiger charge is -2.14. The van der Waals surface area contributed by atoms with Crippen molar-refractivity contribution in [2.24, 2.45) is 7.05 Å². The highest BCUT2D eigenvalue weighted by Crippen LogP contribution is 2.30. The Labute approximate surface area is 132 Å². The Morgan fingerprint density at radius 3 is 2.75 bits per heavy atom. The summed E-state index contributed by atoms with van der Waals surface area (Å²) in [6.07, 6.45) is 0.628. The summed E-state index contributed by atoms with van der Waals surface area (Å²) >= 11 is 9.81. The van der Waals surface area contributed by atoms with E-state index < -0.39 is 6.10 Å². The van der Waals surface area contributed by atoms with Gasteiger partial charge in [-0.3, -0.25) is 4.68 Å². The highest BCUT2D eigenvalue weighted by atomic mass is 79.9. The Morgan fingerprint density at radius 2 is 2.15 bits per heavy atom. The van der Waals surface area contributed by atoms with Crippen LogP contribution in [0.1, 0.15) is 35.5 Å². The second-order valence-electron chi connectivity index (χ2n) is 4.93. The second kappa shape index (κ2) is 6.29. The molecule has 1 atom stereocenters. The zero-order valence-electron chi connectivity index (χ0n) is 11.8. The first-order valence-electron chi connectivity index (χ1n) is 6.58. The summed E-state index contributed by atoms with van der Waals surface area (Å²) in [5.41, 5.74) is 3.73. The number of hydrogen-bond acceptors (Lipinski definition) is 2. The Balaban J connectivity index is 2.30. The molecule has 3 nitrogen and oxygen atoms in total. The molecule has 0 aliphatic heterocycles. The molecule has 2 aromatic rings. The van der Waals surface area contributed by atoms with Crippen LogP contribution in [0.4, 0.5) is 0 Å². The minimum Gasteiger partial charge on any atom is -0.388 e. The molecule has 0 aliphatic carbocycles. The first-order chi connectivity index (χ1) is 9.43. The van der Waals surface area contributed by atoms with Crippen LogP contribution in [0, 0.1) is 6.92 Å². The first kappa shape index (κ1) is 15.5. The lowest BCUT2D eigenvalue weighted by molar-refractivity contribution is 0.175. The van der Waals surface area contributed by atoms with Crippen molar-refractivity contribution in [3.05, 3.63) is 50.2 Å². The predicted molar refractivity (Wildman–Crippen MR) is 85.1 cm³/mol. The molecule has 1 heterocycles. The van der Waals surface area contributed by atoms with Crippen LogP contribution >= 0.6 is 27.5 Å². The highest BCUT2D eigenvalue weighted by Gasteiger charge is 2.19. The molecule has 0 fully saturated rings. The summed E-state index contributed by atoms with van der Waals surface area (Å²) < 4.78 is 2.67. The fourth-order valence-corrected chi connectivity index (χ4v) is 3.13. The van der Waals surface area contributed by atoms with Crippen molar-refractivity contribution >= 4 is 27.5 Å². The van der Waals surface area contributed by atoms with Crippen molar-refractivity contribution < 1.29 is 5.11 Å². The maximum atomic E-state index is 10.5. The van der Waals surface area contributed by atoms with Gasteiger partial charge in [0.1, 0.15) is 0 Å². The molecule has 20 heavy (non-hydrogen) atoms. The van der Waals surface area contributed by atoms with E-state index in [9.17, 15) is 5.11 Å². The average molecular weight is 358 g/mol. The molecule has 0 aliphatic rings. The molecule has 0 saturated carbocycles. The van der Waals surface area contributed by atoms with Crippen molar-refractivity contribution in [1.29, 1.82) is 0 Å². The van der Waals surface area contributed by atoms with Crippen LogP contribution < -0.4 is 0 Å². The smallest absolute Gasteiger partial charge is 0.0856 e. The molecule has 5 heteroatoms. The van der Waals surface area contributed by atoms with Gasteiger partial charge in [0.05, 0.1) is 22.5 Å². The SMILES string of the molecule is CCc1nn(C)c(CC(O)c2cc(C)ccc2Br)c1Cl. The van der Waals surface area contributed by atoms with Crippen LogP contribution in [0.2, 0.25) is 5.02 Å². The highest BCUT2D eigenvalue weighted by molar-refractivity contribution is 9.10. The van der Waals surface area contributed by atoms with E-state index in [4.69, 9.17) is 11.6 Å². The van der Waals surface area contributed by atoms with Gasteiger partial charge in [0.15, 0.2) is 0 Å². The van der Waals surface area contributed by atoms with E-state index in [1.165, 1.54) is 0 Å². The van der Waals surface area contributed by atoms with E-state index in [-0.39, 0.29) is 0 Å². The Bertz CT molecular complexity index is 625. The third kappa shape index (κ3) is 3.08. The van der Waals surface area contributed by atoms with Crippen LogP contribution in [0.15, 0.2) is 22.7 Å². The quantitative estimate of drug-likeness (QED) is 0.898. The van der Waals surface area contributed by atoms with E-state index >= 15 is 0 Å². The number of benzene rings is 1. The fourth-order valence-electron chi connectivity index (χ4n) is 2.25. The summed E-state index contributed by atoms with van der Waals surface area (Å²) in [7, 11) is 1.86. The summed E-state index contributed by atoms with van der Waals surface area (Å²) in [5.74, 6) is 0. The topological polar surface area (TPSA) is 38.0 Å². The number of hydrogen-bond donors (Lipinski definition) is 1. The normalized spacial score (nSPS) is 12.7. The molecule has 108 valence electrons. The van der Waals surface area contributed by atoms with Gasteiger partial charge < -0.3 is 5.11 Å². The molecule has 1 aromatic heterocycles. The molecule has 0 amide bonds. The number of aryl methyl sites for hydroxylation is 3. The monoisotopic (exact) mass is 356 g/mol. The molecule has 0 spiro atoms. The van der Waals surface area contributed by atoms with E-state index in [1.807, 2.05) is 39.1 Å². The minimum absolute atomic E-state index is 0.449. The molecular formula is C15H18BrClN2O. The van der Waals surface area contributed by atoms with Gasteiger partial charge in [0.25, 0.3) is 0 Å². The average Bonchev–Trinajstić information content (AvgIpc) is 2.68. The lowest BCUT2D eigenvalue weighted by atomic mass is 10.0. The van der Waals surface area contributed by atoms with Crippen LogP contribution in [0.3, 0.4) is 0 Å². The molecule has 0 radical (unpaired) electrons. The Morgan fingerprint density at radius 1 is 1.45 bits per heavy atom. The van der Waals surface area contributed by atoms with Crippen LogP contribution in [0.25, 0.3) is 0 Å². The fraction of sp³-hybridized carbons (Fsp3) is 0.400. The molecule has 2 rings (SSSR count). The van der Waals surface area contributed by atoms with Crippen molar-refractivity contribution in [2.75, 3.05) is 0 Å². The number of halogens is 2. The maximum Gasteiger partial charge on any atom is 0.0856 e. The van der Waals surface area contributed by atoms with E-state index in [0.29, 0.717) is 11.4 Å². The minimum atomic E-state index is -0.609. The van der Waals surface area contributed by atoms with Gasteiger partial charge >= 0.3 is 0 Å². The molecule has 1 N–H and O–H groups in total. The summed E-state index contributed by atoms with van der Waals surface area (Å²) in [4.78, 5) is 0. The van der Waals surface area contributed by atoms with Gasteiger partial charge in [-0.05, 0) is 25.0 Å². The Kier molecular flexibility index (Phi) is 4.89. The van der Waals surface area contributed by atoms with Gasteiger partial charge in [0, 0.05) is 17.9 Å². The van der Waals surface area contributed by atoms with Gasteiger partial charge in [-0.1, -0.05) is 52.2 Å². The largest absolute Gasteiger partial charge is 0.388 e. The van der Waals surface area contributed by atoms with Crippen LogP contribution in [-0.2, 0) is 19.9 Å². The molecular weight excluding hydrogens is 340 g/mol. The summed E-state index contributed by atoms with van der Waals surface area (Å²) in [6, 6.07) is 5.95. The number of aromatic nitrogens is 2. The van der Waals surface area contributed by atoms with E-state index in [0.717, 1.165) is 33.4 Å². The molecule has 0 bridgehead atoms. The van der Waals surface area contributed by atoms with E-state index in [2.05, 4.69) is 21.0 Å². The second-order valence-corrected chi connectivity index (χ2v) is 6.16. The summed E-state index contributed by atoms with van der Waals surface area (Å²) in [6.45, 7) is 4.03. The number of aliphatic hydroxyl groups is 1. The Hall–Kier alpha value is -0.840. The third-order valence-corrected chi connectivity index (χ3v) is 4.56. The van der Waals surface area contributed by atoms with Gasteiger partial charge in [-0.2, -0.15) is 5.10 Å². The molecule has 1 unspecified atom stereocenters. The van der Waals surface area contributed by atoms with Gasteiger partial charge in [0.2, 0.25) is 0 Å². The zero-order valence-corrected chi connectivity index (χ0v) is 14.2. The van der Waals surface area contributed by atoms with Gasteiger partial charge in [-0.15, -0.1) is 0 Å². The van der Waals surface area contributed by atoms with Crippen LogP contribution in [0.5, 0.6) is 0 Å². The number of nitrogens with zero attached hydrogens (tertiary/aromatic N) is 2. The lowest BCUT2D eigenvalue weighted by Crippen LogP contribution is -2.07. The van der Waals surface area contributed by atoms with Gasteiger partial charge in [-0.25, -0.2) is 0 Å². The van der Waals surface area contributed by atoms with Crippen LogP contribution in [-0.4, -0.2) is 14.9 Å². The van der Waals surface area contributed by atoms with E-state index in [1.54, 1.807) is 4.68 Å². The number of rotatable bonds is 4. The summed E-state index contributed by atoms with van der Waals surface area (Å²) in [5, 5.41) is 15.5. The van der Waals surface area contributed by atoms with Crippen molar-refractivity contribution in [1.82, 2.24) is 9.78 Å². The number of aliphatic hydroxyl groups excluding tert-OH is 1. The van der Waals surface area contributed by atoms with Crippen molar-refractivity contribution in [3.63, 3.8) is 0 Å². The van der Waals surface area contributed by atoms with Crippen molar-refractivity contribution in [3.8, 4) is 0 Å². The standard InChI is InChI=1S/C15H18BrClN2O/c1-4-12-15(17)13(19(3)18-12)8-14(20)10-7-9(2)5-6-11(10)16/h5-7,14,20H,4,8H2,1-3H3. The predicted octanol–water partition coefficient (Wildman–Crippen LogP) is 3.98. The first-order valence-corrected chi connectivity index (χ1v) is 7.75. The molecule has 0 saturated heterocycles. The van der Waals surface area contributed by atoms with Crippen molar-refractivity contribution in [2.45, 2.75) is 32.8 Å². The zero-order chi connectivity index (χ0) is 14.9. The third-order valence-electron chi connectivity index (χ3n) is 3.40. The molecule has 1 aromatic carbocycles.